The van der Waals surface area contributed by atoms with Gasteiger partial charge < -0.3 is 11.5 Å². The smallest absolute Gasteiger partial charge is 0.109 e. The Morgan fingerprint density at radius 2 is 2.12 bits per heavy atom. The zero-order chi connectivity index (χ0) is 12.1. The second kappa shape index (κ2) is 5.80. The third kappa shape index (κ3) is 3.17. The standard InChI is InChI=1S/C12H20FN3/c1-8(2)10(6-14)11(13)5-9-7-16-4-3-12(9)15/h3-4,7-8,10-11H,5-6,14H2,1-2H3,(H2,15,16). The lowest BCUT2D eigenvalue weighted by atomic mass is 9.88. The van der Waals surface area contributed by atoms with E-state index in [1.165, 1.54) is 0 Å². The van der Waals surface area contributed by atoms with Crippen LogP contribution in [0, 0.1) is 11.8 Å². The molecule has 2 unspecified atom stereocenters. The Morgan fingerprint density at radius 3 is 2.62 bits per heavy atom. The van der Waals surface area contributed by atoms with E-state index in [-0.39, 0.29) is 11.8 Å². The summed E-state index contributed by atoms with van der Waals surface area (Å²) in [6, 6.07) is 1.69. The van der Waals surface area contributed by atoms with Crippen LogP contribution in [0.15, 0.2) is 18.5 Å². The molecular weight excluding hydrogens is 205 g/mol. The lowest BCUT2D eigenvalue weighted by Gasteiger charge is -2.23. The molecule has 2 atom stereocenters. The van der Waals surface area contributed by atoms with Crippen molar-refractivity contribution in [3.8, 4) is 0 Å². The Kier molecular flexibility index (Phi) is 4.68. The van der Waals surface area contributed by atoms with E-state index in [2.05, 4.69) is 4.98 Å². The van der Waals surface area contributed by atoms with Crippen LogP contribution in [0.25, 0.3) is 0 Å². The summed E-state index contributed by atoms with van der Waals surface area (Å²) in [6.07, 6.45) is 2.56. The van der Waals surface area contributed by atoms with E-state index in [0.29, 0.717) is 18.7 Å². The van der Waals surface area contributed by atoms with E-state index < -0.39 is 6.17 Å². The van der Waals surface area contributed by atoms with Gasteiger partial charge in [0.25, 0.3) is 0 Å². The Hall–Kier alpha value is -1.16. The van der Waals surface area contributed by atoms with Gasteiger partial charge >= 0.3 is 0 Å². The molecule has 16 heavy (non-hydrogen) atoms. The van der Waals surface area contributed by atoms with Crippen molar-refractivity contribution in [3.63, 3.8) is 0 Å². The average Bonchev–Trinajstić information content (AvgIpc) is 2.22. The van der Waals surface area contributed by atoms with Crippen molar-refractivity contribution >= 4 is 5.69 Å². The van der Waals surface area contributed by atoms with Crippen LogP contribution in [0.5, 0.6) is 0 Å². The van der Waals surface area contributed by atoms with Gasteiger partial charge in [-0.1, -0.05) is 13.8 Å². The summed E-state index contributed by atoms with van der Waals surface area (Å²) < 4.78 is 14.0. The number of hydrogen-bond acceptors (Lipinski definition) is 3. The highest BCUT2D eigenvalue weighted by Crippen LogP contribution is 2.22. The van der Waals surface area contributed by atoms with Gasteiger partial charge in [-0.15, -0.1) is 0 Å². The van der Waals surface area contributed by atoms with Crippen molar-refractivity contribution in [1.29, 1.82) is 0 Å². The summed E-state index contributed by atoms with van der Waals surface area (Å²) >= 11 is 0. The zero-order valence-corrected chi connectivity index (χ0v) is 9.86. The van der Waals surface area contributed by atoms with Crippen molar-refractivity contribution in [2.75, 3.05) is 12.3 Å². The van der Waals surface area contributed by atoms with Crippen LogP contribution in [0.3, 0.4) is 0 Å². The summed E-state index contributed by atoms with van der Waals surface area (Å²) in [5.74, 6) is 0.109. The molecule has 0 amide bonds. The van der Waals surface area contributed by atoms with E-state index in [1.807, 2.05) is 13.8 Å². The quantitative estimate of drug-likeness (QED) is 0.802. The van der Waals surface area contributed by atoms with Crippen LogP contribution in [0.2, 0.25) is 0 Å². The highest BCUT2D eigenvalue weighted by Gasteiger charge is 2.23. The van der Waals surface area contributed by atoms with Gasteiger partial charge in [0.15, 0.2) is 0 Å². The van der Waals surface area contributed by atoms with E-state index in [1.54, 1.807) is 18.5 Å². The molecule has 1 aromatic heterocycles. The largest absolute Gasteiger partial charge is 0.398 e. The molecule has 1 rings (SSSR count). The molecule has 0 saturated carbocycles. The van der Waals surface area contributed by atoms with Gasteiger partial charge in [0.1, 0.15) is 6.17 Å². The number of hydrogen-bond donors (Lipinski definition) is 2. The minimum Gasteiger partial charge on any atom is -0.398 e. The van der Waals surface area contributed by atoms with Crippen molar-refractivity contribution < 1.29 is 4.39 Å². The summed E-state index contributed by atoms with van der Waals surface area (Å²) in [7, 11) is 0. The maximum Gasteiger partial charge on any atom is 0.109 e. The highest BCUT2D eigenvalue weighted by atomic mass is 19.1. The molecular formula is C12H20FN3. The van der Waals surface area contributed by atoms with Gasteiger partial charge in [-0.2, -0.15) is 0 Å². The maximum atomic E-state index is 14.0. The third-order valence-electron chi connectivity index (χ3n) is 2.95. The fourth-order valence-corrected chi connectivity index (χ4v) is 1.81. The molecule has 4 heteroatoms. The van der Waals surface area contributed by atoms with Crippen molar-refractivity contribution in [2.45, 2.75) is 26.4 Å². The second-order valence-corrected chi connectivity index (χ2v) is 4.44. The monoisotopic (exact) mass is 225 g/mol. The maximum absolute atomic E-state index is 14.0. The van der Waals surface area contributed by atoms with Gasteiger partial charge in [-0.05, 0) is 24.1 Å². The van der Waals surface area contributed by atoms with Crippen LogP contribution in [0.4, 0.5) is 10.1 Å². The first kappa shape index (κ1) is 12.9. The molecule has 1 heterocycles. The van der Waals surface area contributed by atoms with E-state index in [9.17, 15) is 4.39 Å². The minimum absolute atomic E-state index is 0.125. The SMILES string of the molecule is CC(C)C(CN)C(F)Cc1cnccc1N. The summed E-state index contributed by atoms with van der Waals surface area (Å²) in [6.45, 7) is 4.33. The Morgan fingerprint density at radius 1 is 1.44 bits per heavy atom. The number of nitrogens with zero attached hydrogens (tertiary/aromatic N) is 1. The van der Waals surface area contributed by atoms with E-state index in [0.717, 1.165) is 5.56 Å². The Labute approximate surface area is 96.1 Å². The molecule has 0 aromatic carbocycles. The number of aromatic nitrogens is 1. The number of pyridine rings is 1. The van der Waals surface area contributed by atoms with Crippen LogP contribution in [-0.4, -0.2) is 17.7 Å². The third-order valence-corrected chi connectivity index (χ3v) is 2.95. The number of nitrogens with two attached hydrogens (primary N) is 2. The fourth-order valence-electron chi connectivity index (χ4n) is 1.81. The number of alkyl halides is 1. The summed E-state index contributed by atoms with van der Waals surface area (Å²) in [4.78, 5) is 3.95. The summed E-state index contributed by atoms with van der Waals surface area (Å²) in [5.41, 5.74) is 12.7. The molecule has 4 N–H and O–H groups in total. The van der Waals surface area contributed by atoms with Crippen LogP contribution < -0.4 is 11.5 Å². The van der Waals surface area contributed by atoms with Crippen molar-refractivity contribution in [2.24, 2.45) is 17.6 Å². The molecule has 0 aliphatic heterocycles. The Balaban J connectivity index is 2.70. The van der Waals surface area contributed by atoms with Crippen LogP contribution in [-0.2, 0) is 6.42 Å². The highest BCUT2D eigenvalue weighted by molar-refractivity contribution is 5.44. The Bertz CT molecular complexity index is 328. The van der Waals surface area contributed by atoms with Crippen molar-refractivity contribution in [1.82, 2.24) is 4.98 Å². The molecule has 0 aliphatic rings. The van der Waals surface area contributed by atoms with Gasteiger partial charge in [-0.25, -0.2) is 4.39 Å². The first-order valence-corrected chi connectivity index (χ1v) is 5.58. The fraction of sp³-hybridized carbons (Fsp3) is 0.583. The van der Waals surface area contributed by atoms with Gasteiger partial charge in [0.2, 0.25) is 0 Å². The van der Waals surface area contributed by atoms with E-state index >= 15 is 0 Å². The lowest BCUT2D eigenvalue weighted by Crippen LogP contribution is -2.31. The van der Waals surface area contributed by atoms with E-state index in [4.69, 9.17) is 11.5 Å². The molecule has 0 bridgehead atoms. The molecule has 0 aliphatic carbocycles. The first-order valence-electron chi connectivity index (χ1n) is 5.58. The normalized spacial score (nSPS) is 15.1. The van der Waals surface area contributed by atoms with Crippen LogP contribution in [0.1, 0.15) is 19.4 Å². The molecule has 90 valence electrons. The van der Waals surface area contributed by atoms with Gasteiger partial charge in [0.05, 0.1) is 0 Å². The number of anilines is 1. The molecule has 3 nitrogen and oxygen atoms in total. The van der Waals surface area contributed by atoms with Gasteiger partial charge in [0, 0.05) is 30.4 Å². The number of rotatable bonds is 5. The number of halogens is 1. The lowest BCUT2D eigenvalue weighted by molar-refractivity contribution is 0.185. The topological polar surface area (TPSA) is 64.9 Å². The predicted octanol–water partition coefficient (Wildman–Crippen LogP) is 1.78. The molecule has 1 aromatic rings. The molecule has 0 spiro atoms. The predicted molar refractivity (Wildman–Crippen MR) is 64.6 cm³/mol. The summed E-state index contributed by atoms with van der Waals surface area (Å²) in [5, 5.41) is 0. The zero-order valence-electron chi connectivity index (χ0n) is 9.86. The number of nitrogen functional groups attached to an aromatic ring is 1. The first-order chi connectivity index (χ1) is 7.56. The van der Waals surface area contributed by atoms with Gasteiger partial charge in [-0.3, -0.25) is 4.98 Å². The molecule has 0 radical (unpaired) electrons. The average molecular weight is 225 g/mol. The second-order valence-electron chi connectivity index (χ2n) is 4.44. The van der Waals surface area contributed by atoms with Crippen molar-refractivity contribution in [3.05, 3.63) is 24.0 Å². The molecule has 0 saturated heterocycles. The minimum atomic E-state index is -0.962. The van der Waals surface area contributed by atoms with Crippen LogP contribution >= 0.6 is 0 Å². The molecule has 0 fully saturated rings.